The Labute approximate surface area is 204 Å². The standard InChI is InChI=1S/C28H39FN4O/c1-6-31-12-14-33(15-13-31)28(34)23-11-10-22(16-21(23)3)25-18-32(19-27(25)30(4)5)17-24-20(2)8-7-9-26(24)29/h7-11,16,25,27H,6,12-15,17-19H2,1-5H3/t25-,27+/m1/s1. The zero-order valence-electron chi connectivity index (χ0n) is 21.4. The fourth-order valence-electron chi connectivity index (χ4n) is 5.53. The van der Waals surface area contributed by atoms with Gasteiger partial charge >= 0.3 is 0 Å². The number of likely N-dealkylation sites (tertiary alicyclic amines) is 1. The molecule has 0 aliphatic carbocycles. The maximum Gasteiger partial charge on any atom is 0.254 e. The summed E-state index contributed by atoms with van der Waals surface area (Å²) in [6.07, 6.45) is 0. The van der Waals surface area contributed by atoms with Crippen molar-refractivity contribution in [2.45, 2.75) is 39.3 Å². The molecule has 0 unspecified atom stereocenters. The van der Waals surface area contributed by atoms with Gasteiger partial charge < -0.3 is 14.7 Å². The van der Waals surface area contributed by atoms with Gasteiger partial charge in [0.25, 0.3) is 5.91 Å². The van der Waals surface area contributed by atoms with Crippen LogP contribution >= 0.6 is 0 Å². The summed E-state index contributed by atoms with van der Waals surface area (Å²) in [5, 5.41) is 0. The van der Waals surface area contributed by atoms with E-state index in [1.54, 1.807) is 12.1 Å². The number of halogens is 1. The molecule has 2 aromatic rings. The summed E-state index contributed by atoms with van der Waals surface area (Å²) in [7, 11) is 4.24. The van der Waals surface area contributed by atoms with E-state index in [2.05, 4.69) is 54.8 Å². The van der Waals surface area contributed by atoms with Gasteiger partial charge in [-0.1, -0.05) is 31.2 Å². The molecule has 0 bridgehead atoms. The first kappa shape index (κ1) is 24.8. The lowest BCUT2D eigenvalue weighted by molar-refractivity contribution is 0.0642. The van der Waals surface area contributed by atoms with E-state index in [0.717, 1.165) is 68.1 Å². The molecule has 0 spiro atoms. The van der Waals surface area contributed by atoms with Gasteiger partial charge in [0.05, 0.1) is 0 Å². The van der Waals surface area contributed by atoms with Gasteiger partial charge in [0.2, 0.25) is 0 Å². The van der Waals surface area contributed by atoms with Crippen LogP contribution in [0.25, 0.3) is 0 Å². The second-order valence-corrected chi connectivity index (χ2v) is 10.2. The average molecular weight is 467 g/mol. The maximum absolute atomic E-state index is 14.5. The van der Waals surface area contributed by atoms with E-state index >= 15 is 0 Å². The van der Waals surface area contributed by atoms with Crippen molar-refractivity contribution >= 4 is 5.91 Å². The van der Waals surface area contributed by atoms with Gasteiger partial charge in [0, 0.05) is 68.9 Å². The van der Waals surface area contributed by atoms with Crippen LogP contribution in [0.3, 0.4) is 0 Å². The lowest BCUT2D eigenvalue weighted by Gasteiger charge is -2.34. The molecule has 2 aliphatic heterocycles. The molecule has 184 valence electrons. The minimum Gasteiger partial charge on any atom is -0.336 e. The van der Waals surface area contributed by atoms with E-state index in [0.29, 0.717) is 18.5 Å². The molecule has 0 radical (unpaired) electrons. The molecule has 6 heteroatoms. The third-order valence-corrected chi connectivity index (χ3v) is 7.78. The molecular weight excluding hydrogens is 427 g/mol. The molecule has 0 aromatic heterocycles. The highest BCUT2D eigenvalue weighted by Crippen LogP contribution is 2.33. The van der Waals surface area contributed by atoms with E-state index in [4.69, 9.17) is 0 Å². The molecule has 2 fully saturated rings. The minimum absolute atomic E-state index is 0.122. The molecule has 34 heavy (non-hydrogen) atoms. The number of aryl methyl sites for hydroxylation is 2. The van der Waals surface area contributed by atoms with Crippen molar-refractivity contribution in [3.63, 3.8) is 0 Å². The van der Waals surface area contributed by atoms with Crippen LogP contribution in [-0.4, -0.2) is 91.5 Å². The normalized spacial score (nSPS) is 22.0. The first-order valence-electron chi connectivity index (χ1n) is 12.5. The van der Waals surface area contributed by atoms with Crippen LogP contribution in [0, 0.1) is 19.7 Å². The molecular formula is C28H39FN4O. The quantitative estimate of drug-likeness (QED) is 0.649. The second-order valence-electron chi connectivity index (χ2n) is 10.2. The van der Waals surface area contributed by atoms with Crippen LogP contribution in [0.15, 0.2) is 36.4 Å². The lowest BCUT2D eigenvalue weighted by Crippen LogP contribution is -2.48. The molecule has 2 heterocycles. The average Bonchev–Trinajstić information content (AvgIpc) is 3.25. The largest absolute Gasteiger partial charge is 0.336 e. The Bertz CT molecular complexity index is 995. The number of amides is 1. The number of hydrogen-bond donors (Lipinski definition) is 0. The van der Waals surface area contributed by atoms with E-state index in [1.807, 2.05) is 24.0 Å². The number of piperazine rings is 1. The summed E-state index contributed by atoms with van der Waals surface area (Å²) >= 11 is 0. The highest BCUT2D eigenvalue weighted by atomic mass is 19.1. The van der Waals surface area contributed by atoms with Gasteiger partial charge in [0.1, 0.15) is 5.82 Å². The fourth-order valence-corrected chi connectivity index (χ4v) is 5.53. The molecule has 5 nitrogen and oxygen atoms in total. The summed E-state index contributed by atoms with van der Waals surface area (Å²) in [6, 6.07) is 12.0. The van der Waals surface area contributed by atoms with Crippen molar-refractivity contribution < 1.29 is 9.18 Å². The van der Waals surface area contributed by atoms with Crippen molar-refractivity contribution in [1.29, 1.82) is 0 Å². The molecule has 2 atom stereocenters. The number of carbonyl (C=O) groups is 1. The third kappa shape index (κ3) is 5.19. The van der Waals surface area contributed by atoms with Gasteiger partial charge in [-0.05, 0) is 63.3 Å². The van der Waals surface area contributed by atoms with Gasteiger partial charge in [-0.2, -0.15) is 0 Å². The minimum atomic E-state index is -0.122. The Hall–Kier alpha value is -2.28. The summed E-state index contributed by atoms with van der Waals surface area (Å²) < 4.78 is 14.5. The highest BCUT2D eigenvalue weighted by molar-refractivity contribution is 5.95. The van der Waals surface area contributed by atoms with Crippen LogP contribution in [0.5, 0.6) is 0 Å². The summed E-state index contributed by atoms with van der Waals surface area (Å²) in [5.74, 6) is 0.341. The predicted octanol–water partition coefficient (Wildman–Crippen LogP) is 3.75. The zero-order valence-corrected chi connectivity index (χ0v) is 21.4. The number of rotatable bonds is 6. The number of likely N-dealkylation sites (N-methyl/N-ethyl adjacent to an activating group) is 2. The highest BCUT2D eigenvalue weighted by Gasteiger charge is 2.36. The van der Waals surface area contributed by atoms with Gasteiger partial charge in [-0.3, -0.25) is 9.69 Å². The molecule has 2 aromatic carbocycles. The Kier molecular flexibility index (Phi) is 7.70. The third-order valence-electron chi connectivity index (χ3n) is 7.78. The predicted molar refractivity (Wildman–Crippen MR) is 136 cm³/mol. The van der Waals surface area contributed by atoms with Crippen molar-refractivity contribution in [3.05, 3.63) is 70.0 Å². The van der Waals surface area contributed by atoms with Crippen LogP contribution in [0.2, 0.25) is 0 Å². The van der Waals surface area contributed by atoms with Crippen molar-refractivity contribution in [1.82, 2.24) is 19.6 Å². The number of nitrogens with zero attached hydrogens (tertiary/aromatic N) is 4. The molecule has 2 aliphatic rings. The summed E-state index contributed by atoms with van der Waals surface area (Å²) in [6.45, 7) is 13.1. The Balaban J connectivity index is 1.50. The Morgan fingerprint density at radius 1 is 1.00 bits per heavy atom. The topological polar surface area (TPSA) is 30.0 Å². The first-order chi connectivity index (χ1) is 16.3. The van der Waals surface area contributed by atoms with Gasteiger partial charge in [0.15, 0.2) is 0 Å². The van der Waals surface area contributed by atoms with Crippen LogP contribution < -0.4 is 0 Å². The van der Waals surface area contributed by atoms with Gasteiger partial charge in [-0.25, -0.2) is 4.39 Å². The van der Waals surface area contributed by atoms with E-state index in [-0.39, 0.29) is 11.7 Å². The summed E-state index contributed by atoms with van der Waals surface area (Å²) in [5.41, 5.74) is 4.91. The molecule has 1 amide bonds. The zero-order chi connectivity index (χ0) is 24.4. The molecule has 4 rings (SSSR count). The second kappa shape index (κ2) is 10.5. The van der Waals surface area contributed by atoms with E-state index < -0.39 is 0 Å². The maximum atomic E-state index is 14.5. The number of hydrogen-bond acceptors (Lipinski definition) is 4. The first-order valence-corrected chi connectivity index (χ1v) is 12.5. The SMILES string of the molecule is CCN1CCN(C(=O)c2ccc([C@H]3CN(Cc4c(C)cccc4F)C[C@@H]3N(C)C)cc2C)CC1. The number of carbonyl (C=O) groups excluding carboxylic acids is 1. The van der Waals surface area contributed by atoms with Crippen LogP contribution in [0.1, 0.15) is 45.5 Å². The van der Waals surface area contributed by atoms with Crippen LogP contribution in [-0.2, 0) is 6.54 Å². The molecule has 2 saturated heterocycles. The molecule has 0 N–H and O–H groups in total. The fraction of sp³-hybridized carbons (Fsp3) is 0.536. The smallest absolute Gasteiger partial charge is 0.254 e. The summed E-state index contributed by atoms with van der Waals surface area (Å²) in [4.78, 5) is 22.2. The number of benzene rings is 2. The Morgan fingerprint density at radius 3 is 2.35 bits per heavy atom. The van der Waals surface area contributed by atoms with E-state index in [1.165, 1.54) is 5.56 Å². The molecule has 0 saturated carbocycles. The van der Waals surface area contributed by atoms with E-state index in [9.17, 15) is 9.18 Å². The van der Waals surface area contributed by atoms with Gasteiger partial charge in [-0.15, -0.1) is 0 Å². The van der Waals surface area contributed by atoms with Crippen molar-refractivity contribution in [2.75, 3.05) is 59.9 Å². The lowest BCUT2D eigenvalue weighted by atomic mass is 9.91. The van der Waals surface area contributed by atoms with Crippen LogP contribution in [0.4, 0.5) is 4.39 Å². The monoisotopic (exact) mass is 466 g/mol. The van der Waals surface area contributed by atoms with Crippen molar-refractivity contribution in [3.8, 4) is 0 Å². The van der Waals surface area contributed by atoms with Crippen molar-refractivity contribution in [2.24, 2.45) is 0 Å². The Morgan fingerprint density at radius 2 is 1.74 bits per heavy atom.